The van der Waals surface area contributed by atoms with Gasteiger partial charge >= 0.3 is 0 Å². The summed E-state index contributed by atoms with van der Waals surface area (Å²) >= 11 is 0. The van der Waals surface area contributed by atoms with Gasteiger partial charge in [-0.25, -0.2) is 4.98 Å². The number of rotatable bonds is 5. The van der Waals surface area contributed by atoms with Crippen molar-refractivity contribution in [3.05, 3.63) is 23.4 Å². The maximum Gasteiger partial charge on any atom is 0.129 e. The van der Waals surface area contributed by atoms with Crippen LogP contribution in [-0.2, 0) is 11.3 Å². The Morgan fingerprint density at radius 1 is 1.35 bits per heavy atom. The molecule has 2 heterocycles. The van der Waals surface area contributed by atoms with Crippen LogP contribution in [0.25, 0.3) is 0 Å². The fraction of sp³-hybridized carbons (Fsp3) is 0.688. The molecule has 1 aromatic rings. The van der Waals surface area contributed by atoms with Crippen LogP contribution < -0.4 is 10.2 Å². The molecule has 1 aliphatic heterocycles. The second-order valence-electron chi connectivity index (χ2n) is 5.97. The van der Waals surface area contributed by atoms with E-state index in [-0.39, 0.29) is 0 Å². The lowest BCUT2D eigenvalue weighted by molar-refractivity contribution is 0.0853. The highest BCUT2D eigenvalue weighted by Gasteiger charge is 2.20. The van der Waals surface area contributed by atoms with E-state index in [9.17, 15) is 0 Å². The topological polar surface area (TPSA) is 37.4 Å². The van der Waals surface area contributed by atoms with Crippen LogP contribution in [0.5, 0.6) is 0 Å². The van der Waals surface area contributed by atoms with Crippen LogP contribution >= 0.6 is 0 Å². The van der Waals surface area contributed by atoms with Gasteiger partial charge in [0.25, 0.3) is 0 Å². The number of aromatic nitrogens is 1. The van der Waals surface area contributed by atoms with Crippen molar-refractivity contribution >= 4 is 5.82 Å². The summed E-state index contributed by atoms with van der Waals surface area (Å²) in [4.78, 5) is 7.01. The molecule has 1 N–H and O–H groups in total. The maximum absolute atomic E-state index is 5.44. The van der Waals surface area contributed by atoms with Crippen molar-refractivity contribution < 1.29 is 4.74 Å². The first-order valence-corrected chi connectivity index (χ1v) is 7.58. The Hall–Kier alpha value is -1.13. The second kappa shape index (κ2) is 7.04. The first kappa shape index (κ1) is 15.3. The molecular formula is C16H27N3O. The molecule has 2 rings (SSSR count). The molecule has 0 aliphatic carbocycles. The molecule has 1 aliphatic rings. The van der Waals surface area contributed by atoms with Crippen molar-refractivity contribution in [3.8, 4) is 0 Å². The zero-order chi connectivity index (χ0) is 14.5. The molecule has 0 atom stereocenters. The molecule has 0 radical (unpaired) electrons. The van der Waals surface area contributed by atoms with E-state index in [4.69, 9.17) is 9.72 Å². The van der Waals surface area contributed by atoms with E-state index >= 15 is 0 Å². The van der Waals surface area contributed by atoms with Crippen molar-refractivity contribution in [2.24, 2.45) is 0 Å². The Kier molecular flexibility index (Phi) is 5.38. The van der Waals surface area contributed by atoms with E-state index in [2.05, 4.69) is 50.2 Å². The van der Waals surface area contributed by atoms with Gasteiger partial charge in [0, 0.05) is 44.6 Å². The lowest BCUT2D eigenvalue weighted by Gasteiger charge is -2.32. The number of pyridine rings is 1. The second-order valence-corrected chi connectivity index (χ2v) is 5.97. The minimum atomic E-state index is 0.500. The zero-order valence-electron chi connectivity index (χ0n) is 13.1. The van der Waals surface area contributed by atoms with Crippen LogP contribution in [0.1, 0.15) is 37.9 Å². The van der Waals surface area contributed by atoms with E-state index in [1.165, 1.54) is 5.56 Å². The van der Waals surface area contributed by atoms with Crippen molar-refractivity contribution in [3.63, 3.8) is 0 Å². The Morgan fingerprint density at radius 2 is 2.05 bits per heavy atom. The van der Waals surface area contributed by atoms with E-state index < -0.39 is 0 Å². The summed E-state index contributed by atoms with van der Waals surface area (Å²) in [6, 6.07) is 5.42. The van der Waals surface area contributed by atoms with Gasteiger partial charge in [-0.3, -0.25) is 0 Å². The molecule has 0 saturated carbocycles. The summed E-state index contributed by atoms with van der Waals surface area (Å²) in [6.45, 7) is 9.03. The molecule has 1 fully saturated rings. The van der Waals surface area contributed by atoms with Gasteiger partial charge in [0.15, 0.2) is 0 Å². The molecule has 0 aromatic carbocycles. The quantitative estimate of drug-likeness (QED) is 0.897. The number of nitrogens with zero attached hydrogens (tertiary/aromatic N) is 2. The van der Waals surface area contributed by atoms with E-state index in [1.54, 1.807) is 0 Å². The Balaban J connectivity index is 2.09. The third kappa shape index (κ3) is 4.18. The Morgan fingerprint density at radius 3 is 2.70 bits per heavy atom. The SMILES string of the molecule is Cc1cc(CNC(C)C)cc(N(C)C2CCOCC2)n1. The van der Waals surface area contributed by atoms with Crippen LogP contribution in [0.3, 0.4) is 0 Å². The summed E-state index contributed by atoms with van der Waals surface area (Å²) < 4.78 is 5.44. The Labute approximate surface area is 122 Å². The zero-order valence-corrected chi connectivity index (χ0v) is 13.1. The third-order valence-corrected chi connectivity index (χ3v) is 3.81. The number of aryl methyl sites for hydroxylation is 1. The number of hydrogen-bond donors (Lipinski definition) is 1. The molecule has 0 bridgehead atoms. The van der Waals surface area contributed by atoms with Gasteiger partial charge in [0.2, 0.25) is 0 Å². The summed E-state index contributed by atoms with van der Waals surface area (Å²) in [5.74, 6) is 1.08. The molecule has 20 heavy (non-hydrogen) atoms. The molecular weight excluding hydrogens is 250 g/mol. The smallest absolute Gasteiger partial charge is 0.129 e. The van der Waals surface area contributed by atoms with Crippen LogP contribution in [0.2, 0.25) is 0 Å². The highest BCUT2D eigenvalue weighted by molar-refractivity contribution is 5.43. The fourth-order valence-electron chi connectivity index (χ4n) is 2.59. The van der Waals surface area contributed by atoms with Gasteiger partial charge in [-0.1, -0.05) is 13.8 Å². The number of anilines is 1. The summed E-state index contributed by atoms with van der Waals surface area (Å²) in [5, 5.41) is 3.47. The summed E-state index contributed by atoms with van der Waals surface area (Å²) in [5.41, 5.74) is 2.39. The van der Waals surface area contributed by atoms with Crippen LogP contribution in [0.15, 0.2) is 12.1 Å². The standard InChI is InChI=1S/C16H27N3O/c1-12(2)17-11-14-9-13(3)18-16(10-14)19(4)15-5-7-20-8-6-15/h9-10,12,15,17H,5-8,11H2,1-4H3. The minimum Gasteiger partial charge on any atom is -0.381 e. The molecule has 0 spiro atoms. The van der Waals surface area contributed by atoms with Gasteiger partial charge in [-0.2, -0.15) is 0 Å². The van der Waals surface area contributed by atoms with Crippen LogP contribution in [0, 0.1) is 6.92 Å². The van der Waals surface area contributed by atoms with Crippen molar-refractivity contribution in [1.29, 1.82) is 0 Å². The fourth-order valence-corrected chi connectivity index (χ4v) is 2.59. The number of nitrogens with one attached hydrogen (secondary N) is 1. The first-order valence-electron chi connectivity index (χ1n) is 7.58. The van der Waals surface area contributed by atoms with Crippen molar-refractivity contribution in [2.45, 2.75) is 52.2 Å². The first-order chi connectivity index (χ1) is 9.56. The van der Waals surface area contributed by atoms with Gasteiger partial charge in [-0.15, -0.1) is 0 Å². The molecule has 0 unspecified atom stereocenters. The average molecular weight is 277 g/mol. The molecule has 112 valence electrons. The highest BCUT2D eigenvalue weighted by atomic mass is 16.5. The van der Waals surface area contributed by atoms with Gasteiger partial charge < -0.3 is 15.0 Å². The highest BCUT2D eigenvalue weighted by Crippen LogP contribution is 2.21. The normalized spacial score (nSPS) is 16.6. The molecule has 1 aromatic heterocycles. The summed E-state index contributed by atoms with van der Waals surface area (Å²) in [6.07, 6.45) is 2.18. The minimum absolute atomic E-state index is 0.500. The van der Waals surface area contributed by atoms with Crippen molar-refractivity contribution in [2.75, 3.05) is 25.2 Å². The molecule has 0 amide bonds. The molecule has 4 heteroatoms. The largest absolute Gasteiger partial charge is 0.381 e. The summed E-state index contributed by atoms with van der Waals surface area (Å²) in [7, 11) is 2.15. The van der Waals surface area contributed by atoms with Crippen molar-refractivity contribution in [1.82, 2.24) is 10.3 Å². The van der Waals surface area contributed by atoms with Gasteiger partial charge in [-0.05, 0) is 37.5 Å². The lowest BCUT2D eigenvalue weighted by Crippen LogP contribution is -2.37. The van der Waals surface area contributed by atoms with Gasteiger partial charge in [0.1, 0.15) is 5.82 Å². The van der Waals surface area contributed by atoms with E-state index in [1.807, 2.05) is 0 Å². The Bertz CT molecular complexity index is 428. The van der Waals surface area contributed by atoms with Gasteiger partial charge in [0.05, 0.1) is 0 Å². The van der Waals surface area contributed by atoms with E-state index in [0.29, 0.717) is 12.1 Å². The number of hydrogen-bond acceptors (Lipinski definition) is 4. The van der Waals surface area contributed by atoms with E-state index in [0.717, 1.165) is 44.1 Å². The monoisotopic (exact) mass is 277 g/mol. The molecule has 4 nitrogen and oxygen atoms in total. The third-order valence-electron chi connectivity index (χ3n) is 3.81. The predicted molar refractivity (Wildman–Crippen MR) is 83.2 cm³/mol. The van der Waals surface area contributed by atoms with Crippen LogP contribution in [-0.4, -0.2) is 37.3 Å². The predicted octanol–water partition coefficient (Wildman–Crippen LogP) is 2.50. The molecule has 1 saturated heterocycles. The number of ether oxygens (including phenoxy) is 1. The van der Waals surface area contributed by atoms with Crippen LogP contribution in [0.4, 0.5) is 5.82 Å². The maximum atomic E-state index is 5.44. The average Bonchev–Trinajstić information content (AvgIpc) is 2.44. The lowest BCUT2D eigenvalue weighted by atomic mass is 10.1.